The van der Waals surface area contributed by atoms with Crippen LogP contribution in [0.2, 0.25) is 0 Å². The third-order valence-electron chi connectivity index (χ3n) is 4.48. The highest BCUT2D eigenvalue weighted by Crippen LogP contribution is 2.29. The Morgan fingerprint density at radius 2 is 1.76 bits per heavy atom. The summed E-state index contributed by atoms with van der Waals surface area (Å²) in [4.78, 5) is 34.6. The molecule has 1 saturated heterocycles. The largest absolute Gasteiger partial charge is 0.460 e. The SMILES string of the molecule is C#C/C=C\C[C@H]1O[C@H](C(CC)OC(C)=O)C[C@@H](OC(C)=O)[C@H](O)C[C@H]1OC(C)=O. The van der Waals surface area contributed by atoms with Gasteiger partial charge in [-0.2, -0.15) is 0 Å². The first-order valence-corrected chi connectivity index (χ1v) is 9.64. The summed E-state index contributed by atoms with van der Waals surface area (Å²) < 4.78 is 22.2. The lowest BCUT2D eigenvalue weighted by Gasteiger charge is -2.39. The first kappa shape index (κ1) is 24.7. The molecule has 162 valence electrons. The normalized spacial score (nSPS) is 28.5. The van der Waals surface area contributed by atoms with E-state index in [0.29, 0.717) is 12.8 Å². The highest BCUT2D eigenvalue weighted by Gasteiger charge is 2.40. The van der Waals surface area contributed by atoms with Crippen molar-refractivity contribution >= 4 is 17.9 Å². The number of rotatable bonds is 7. The number of terminal acetylenes is 1. The molecule has 29 heavy (non-hydrogen) atoms. The first-order valence-electron chi connectivity index (χ1n) is 9.64. The van der Waals surface area contributed by atoms with Crippen LogP contribution in [0.1, 0.15) is 53.4 Å². The number of hydrogen-bond donors (Lipinski definition) is 1. The van der Waals surface area contributed by atoms with Gasteiger partial charge in [0.05, 0.1) is 18.3 Å². The molecule has 6 atom stereocenters. The van der Waals surface area contributed by atoms with Gasteiger partial charge in [-0.15, -0.1) is 6.42 Å². The van der Waals surface area contributed by atoms with Crippen molar-refractivity contribution in [2.75, 3.05) is 0 Å². The van der Waals surface area contributed by atoms with Crippen molar-refractivity contribution in [2.45, 2.75) is 90.0 Å². The predicted octanol–water partition coefficient (Wildman–Crippen LogP) is 1.68. The van der Waals surface area contributed by atoms with Crippen LogP contribution < -0.4 is 0 Å². The smallest absolute Gasteiger partial charge is 0.302 e. The zero-order chi connectivity index (χ0) is 22.0. The molecule has 0 amide bonds. The van der Waals surface area contributed by atoms with Gasteiger partial charge in [-0.25, -0.2) is 0 Å². The van der Waals surface area contributed by atoms with Crippen molar-refractivity contribution in [3.05, 3.63) is 12.2 Å². The summed E-state index contributed by atoms with van der Waals surface area (Å²) in [6.07, 6.45) is 4.59. The Balaban J connectivity index is 3.25. The molecule has 0 aromatic heterocycles. The van der Waals surface area contributed by atoms with E-state index >= 15 is 0 Å². The number of hydrogen-bond acceptors (Lipinski definition) is 8. The summed E-state index contributed by atoms with van der Waals surface area (Å²) in [5.74, 6) is 0.800. The summed E-state index contributed by atoms with van der Waals surface area (Å²) in [6.45, 7) is 5.61. The number of aliphatic hydroxyl groups excluding tert-OH is 1. The maximum absolute atomic E-state index is 11.6. The lowest BCUT2D eigenvalue weighted by Crippen LogP contribution is -2.50. The van der Waals surface area contributed by atoms with E-state index in [-0.39, 0.29) is 12.8 Å². The van der Waals surface area contributed by atoms with Crippen LogP contribution in [-0.4, -0.2) is 59.6 Å². The summed E-state index contributed by atoms with van der Waals surface area (Å²) in [5, 5.41) is 10.7. The van der Waals surface area contributed by atoms with Crippen LogP contribution in [-0.2, 0) is 33.3 Å². The number of aliphatic hydroxyl groups is 1. The summed E-state index contributed by atoms with van der Waals surface area (Å²) >= 11 is 0. The molecule has 0 saturated carbocycles. The monoisotopic (exact) mass is 410 g/mol. The van der Waals surface area contributed by atoms with Gasteiger partial charge in [0, 0.05) is 33.6 Å². The molecular formula is C21H30O8. The minimum Gasteiger partial charge on any atom is -0.460 e. The first-order chi connectivity index (χ1) is 13.7. The Morgan fingerprint density at radius 1 is 1.14 bits per heavy atom. The number of esters is 3. The van der Waals surface area contributed by atoms with Gasteiger partial charge in [-0.3, -0.25) is 14.4 Å². The highest BCUT2D eigenvalue weighted by atomic mass is 16.6. The van der Waals surface area contributed by atoms with E-state index in [1.54, 1.807) is 6.08 Å². The second-order valence-electron chi connectivity index (χ2n) is 6.91. The van der Waals surface area contributed by atoms with Crippen LogP contribution in [0.25, 0.3) is 0 Å². The Kier molecular flexibility index (Phi) is 10.4. The molecule has 8 nitrogen and oxygen atoms in total. The van der Waals surface area contributed by atoms with Gasteiger partial charge >= 0.3 is 17.9 Å². The lowest BCUT2D eigenvalue weighted by molar-refractivity contribution is -0.197. The summed E-state index contributed by atoms with van der Waals surface area (Å²) in [6, 6.07) is 0. The molecule has 8 heteroatoms. The molecule has 0 aliphatic carbocycles. The van der Waals surface area contributed by atoms with E-state index in [1.165, 1.54) is 26.8 Å². The van der Waals surface area contributed by atoms with Crippen molar-refractivity contribution < 1.29 is 38.4 Å². The van der Waals surface area contributed by atoms with E-state index in [1.807, 2.05) is 6.92 Å². The Labute approximate surface area is 171 Å². The molecule has 0 bridgehead atoms. The minimum absolute atomic E-state index is 0.0170. The molecule has 1 fully saturated rings. The summed E-state index contributed by atoms with van der Waals surface area (Å²) in [5.41, 5.74) is 0. The molecule has 0 aromatic carbocycles. The summed E-state index contributed by atoms with van der Waals surface area (Å²) in [7, 11) is 0. The molecule has 1 rings (SSSR count). The predicted molar refractivity (Wildman–Crippen MR) is 103 cm³/mol. The highest BCUT2D eigenvalue weighted by molar-refractivity contribution is 5.67. The van der Waals surface area contributed by atoms with Crippen molar-refractivity contribution in [1.82, 2.24) is 0 Å². The lowest BCUT2D eigenvalue weighted by atomic mass is 9.92. The van der Waals surface area contributed by atoms with Crippen LogP contribution in [0.5, 0.6) is 0 Å². The molecule has 0 radical (unpaired) electrons. The van der Waals surface area contributed by atoms with Crippen LogP contribution >= 0.6 is 0 Å². The van der Waals surface area contributed by atoms with E-state index < -0.39 is 54.5 Å². The van der Waals surface area contributed by atoms with E-state index in [2.05, 4.69) is 5.92 Å². The molecule has 1 N–H and O–H groups in total. The van der Waals surface area contributed by atoms with Crippen LogP contribution in [0, 0.1) is 12.3 Å². The zero-order valence-corrected chi connectivity index (χ0v) is 17.3. The van der Waals surface area contributed by atoms with Crippen molar-refractivity contribution in [3.63, 3.8) is 0 Å². The minimum atomic E-state index is -1.09. The van der Waals surface area contributed by atoms with Gasteiger partial charge in [-0.05, 0) is 18.9 Å². The van der Waals surface area contributed by atoms with E-state index in [9.17, 15) is 19.5 Å². The third kappa shape index (κ3) is 8.67. The van der Waals surface area contributed by atoms with Gasteiger partial charge in [0.2, 0.25) is 0 Å². The quantitative estimate of drug-likeness (QED) is 0.384. The second kappa shape index (κ2) is 12.2. The molecule has 1 aliphatic heterocycles. The van der Waals surface area contributed by atoms with Crippen molar-refractivity contribution in [1.29, 1.82) is 0 Å². The molecule has 1 unspecified atom stereocenters. The van der Waals surface area contributed by atoms with Crippen molar-refractivity contribution in [3.8, 4) is 12.3 Å². The molecule has 0 spiro atoms. The molecule has 1 heterocycles. The average Bonchev–Trinajstić information content (AvgIpc) is 2.61. The topological polar surface area (TPSA) is 108 Å². The average molecular weight is 410 g/mol. The van der Waals surface area contributed by atoms with Crippen LogP contribution in [0.15, 0.2) is 12.2 Å². The third-order valence-corrected chi connectivity index (χ3v) is 4.48. The maximum atomic E-state index is 11.6. The van der Waals surface area contributed by atoms with Gasteiger partial charge in [0.25, 0.3) is 0 Å². The van der Waals surface area contributed by atoms with Gasteiger partial charge < -0.3 is 24.1 Å². The second-order valence-corrected chi connectivity index (χ2v) is 6.91. The Hall–Kier alpha value is -2.37. The fraction of sp³-hybridized carbons (Fsp3) is 0.667. The number of carbonyl (C=O) groups is 3. The number of ether oxygens (including phenoxy) is 4. The fourth-order valence-electron chi connectivity index (χ4n) is 3.32. The fourth-order valence-corrected chi connectivity index (χ4v) is 3.32. The molecular weight excluding hydrogens is 380 g/mol. The Bertz CT molecular complexity index is 635. The molecule has 1 aliphatic rings. The van der Waals surface area contributed by atoms with Crippen LogP contribution in [0.4, 0.5) is 0 Å². The van der Waals surface area contributed by atoms with E-state index in [0.717, 1.165) is 0 Å². The zero-order valence-electron chi connectivity index (χ0n) is 17.3. The Morgan fingerprint density at radius 3 is 2.28 bits per heavy atom. The van der Waals surface area contributed by atoms with Crippen molar-refractivity contribution in [2.24, 2.45) is 0 Å². The maximum Gasteiger partial charge on any atom is 0.302 e. The number of carbonyl (C=O) groups excluding carboxylic acids is 3. The standard InChI is InChI=1S/C21H30O8/c1-6-8-9-10-18-20(28-15(5)24)11-16(25)19(27-14(4)23)12-21(29-18)17(7-2)26-13(3)22/h1,8-9,16-21,25H,7,10-12H2,2-5H3/b9-8-/t16-,17?,18-,19-,20-,21+/m1/s1. The van der Waals surface area contributed by atoms with Gasteiger partial charge in [0.15, 0.2) is 0 Å². The van der Waals surface area contributed by atoms with E-state index in [4.69, 9.17) is 25.4 Å². The number of allylic oxidation sites excluding steroid dienone is 1. The van der Waals surface area contributed by atoms with Gasteiger partial charge in [-0.1, -0.05) is 18.9 Å². The van der Waals surface area contributed by atoms with Crippen LogP contribution in [0.3, 0.4) is 0 Å². The van der Waals surface area contributed by atoms with Gasteiger partial charge in [0.1, 0.15) is 18.3 Å². The molecule has 0 aromatic rings.